The third-order valence-corrected chi connectivity index (χ3v) is 3.97. The molecule has 6 heteroatoms. The van der Waals surface area contributed by atoms with E-state index in [0.717, 1.165) is 37.9 Å². The van der Waals surface area contributed by atoms with E-state index in [-0.39, 0.29) is 11.1 Å². The normalized spacial score (nSPS) is 18.4. The molecule has 1 aromatic rings. The van der Waals surface area contributed by atoms with Crippen molar-refractivity contribution in [1.29, 1.82) is 0 Å². The first-order valence-electron chi connectivity index (χ1n) is 7.02. The van der Waals surface area contributed by atoms with Crippen molar-refractivity contribution in [2.75, 3.05) is 5.32 Å². The third kappa shape index (κ3) is 4.27. The Kier molecular flexibility index (Phi) is 5.13. The van der Waals surface area contributed by atoms with Crippen LogP contribution in [-0.4, -0.2) is 6.04 Å². The van der Waals surface area contributed by atoms with Crippen molar-refractivity contribution >= 4 is 17.4 Å². The average Bonchev–Trinajstić information content (AvgIpc) is 2.33. The van der Waals surface area contributed by atoms with Crippen molar-refractivity contribution in [3.8, 4) is 0 Å². The van der Waals surface area contributed by atoms with Gasteiger partial charge in [-0.15, -0.1) is 0 Å². The Bertz CT molecular complexity index is 441. The fourth-order valence-electron chi connectivity index (χ4n) is 2.55. The van der Waals surface area contributed by atoms with Crippen molar-refractivity contribution in [3.05, 3.63) is 22.8 Å². The fraction of sp³-hybridized carbons (Fsp3) is 0.643. The standard InChI is InChI=1S/C14H18ClF3N2/c15-12-8-10(14(16,17)18)9-19-13(12)20-11-6-4-2-1-3-5-7-11/h8-9,11H,1-7H2,(H,19,20)/p+1. The van der Waals surface area contributed by atoms with E-state index in [1.165, 1.54) is 19.3 Å². The minimum absolute atomic E-state index is 0.0851. The van der Waals surface area contributed by atoms with Crippen LogP contribution in [0.15, 0.2) is 12.3 Å². The predicted molar refractivity (Wildman–Crippen MR) is 72.7 cm³/mol. The fourth-order valence-corrected chi connectivity index (χ4v) is 2.77. The van der Waals surface area contributed by atoms with E-state index in [0.29, 0.717) is 5.82 Å². The second-order valence-corrected chi connectivity index (χ2v) is 5.70. The van der Waals surface area contributed by atoms with Gasteiger partial charge < -0.3 is 0 Å². The van der Waals surface area contributed by atoms with Crippen molar-refractivity contribution in [2.45, 2.75) is 57.2 Å². The van der Waals surface area contributed by atoms with Crippen molar-refractivity contribution < 1.29 is 18.2 Å². The van der Waals surface area contributed by atoms with Crippen LogP contribution in [0.25, 0.3) is 0 Å². The zero-order valence-corrected chi connectivity index (χ0v) is 11.9. The maximum Gasteiger partial charge on any atom is 0.419 e. The molecule has 0 spiro atoms. The van der Waals surface area contributed by atoms with Gasteiger partial charge in [0.25, 0.3) is 5.82 Å². The van der Waals surface area contributed by atoms with Gasteiger partial charge in [-0.25, -0.2) is 4.98 Å². The number of nitrogens with one attached hydrogen (secondary N) is 2. The van der Waals surface area contributed by atoms with Gasteiger partial charge in [-0.3, -0.25) is 5.32 Å². The molecule has 2 rings (SSSR count). The molecule has 0 saturated heterocycles. The van der Waals surface area contributed by atoms with Gasteiger partial charge >= 0.3 is 6.18 Å². The molecule has 20 heavy (non-hydrogen) atoms. The van der Waals surface area contributed by atoms with Crippen LogP contribution in [0, 0.1) is 0 Å². The molecule has 0 bridgehead atoms. The second kappa shape index (κ2) is 6.66. The third-order valence-electron chi connectivity index (χ3n) is 3.67. The molecular weight excluding hydrogens is 289 g/mol. The molecule has 0 amide bonds. The summed E-state index contributed by atoms with van der Waals surface area (Å²) in [5, 5.41) is 3.33. The summed E-state index contributed by atoms with van der Waals surface area (Å²) in [5.41, 5.74) is -0.759. The lowest BCUT2D eigenvalue weighted by atomic mass is 9.97. The molecule has 1 aromatic heterocycles. The molecule has 112 valence electrons. The van der Waals surface area contributed by atoms with Crippen LogP contribution in [0.5, 0.6) is 0 Å². The van der Waals surface area contributed by atoms with Gasteiger partial charge in [0, 0.05) is 0 Å². The summed E-state index contributed by atoms with van der Waals surface area (Å²) in [6.07, 6.45) is 4.67. The highest BCUT2D eigenvalue weighted by molar-refractivity contribution is 6.32. The minimum Gasteiger partial charge on any atom is -0.271 e. The number of anilines is 1. The quantitative estimate of drug-likeness (QED) is 0.842. The van der Waals surface area contributed by atoms with Crippen LogP contribution in [0.2, 0.25) is 5.02 Å². The Morgan fingerprint density at radius 1 is 1.10 bits per heavy atom. The Balaban J connectivity index is 2.05. The summed E-state index contributed by atoms with van der Waals surface area (Å²) in [5.74, 6) is 0.477. The molecule has 1 heterocycles. The highest BCUT2D eigenvalue weighted by Gasteiger charge is 2.33. The van der Waals surface area contributed by atoms with Crippen LogP contribution >= 0.6 is 11.6 Å². The minimum atomic E-state index is -4.38. The first-order chi connectivity index (χ1) is 9.47. The van der Waals surface area contributed by atoms with E-state index < -0.39 is 11.7 Å². The number of halogens is 4. The Morgan fingerprint density at radius 2 is 1.70 bits per heavy atom. The van der Waals surface area contributed by atoms with E-state index in [2.05, 4.69) is 10.3 Å². The number of pyridine rings is 1. The molecule has 0 aromatic carbocycles. The summed E-state index contributed by atoms with van der Waals surface area (Å²) in [7, 11) is 0. The number of hydrogen-bond donors (Lipinski definition) is 1. The van der Waals surface area contributed by atoms with Gasteiger partial charge in [0.15, 0.2) is 0 Å². The number of aromatic nitrogens is 1. The number of rotatable bonds is 2. The van der Waals surface area contributed by atoms with Gasteiger partial charge in [-0.05, 0) is 31.7 Å². The van der Waals surface area contributed by atoms with E-state index in [4.69, 9.17) is 11.6 Å². The number of hydrogen-bond acceptors (Lipinski definition) is 1. The van der Waals surface area contributed by atoms with Crippen LogP contribution in [0.3, 0.4) is 0 Å². The lowest BCUT2D eigenvalue weighted by molar-refractivity contribution is -0.364. The molecule has 1 aliphatic rings. The molecule has 1 saturated carbocycles. The Morgan fingerprint density at radius 3 is 2.25 bits per heavy atom. The number of H-pyrrole nitrogens is 1. The van der Waals surface area contributed by atoms with E-state index in [1.807, 2.05) is 0 Å². The maximum absolute atomic E-state index is 12.6. The van der Waals surface area contributed by atoms with Crippen molar-refractivity contribution in [1.82, 2.24) is 0 Å². The topological polar surface area (TPSA) is 26.2 Å². The monoisotopic (exact) mass is 307 g/mol. The van der Waals surface area contributed by atoms with Gasteiger partial charge in [-0.2, -0.15) is 13.2 Å². The molecule has 0 radical (unpaired) electrons. The predicted octanol–water partition coefficient (Wildman–Crippen LogP) is 4.70. The maximum atomic E-state index is 12.6. The summed E-state index contributed by atoms with van der Waals surface area (Å²) in [6.45, 7) is 0. The smallest absolute Gasteiger partial charge is 0.271 e. The molecule has 0 aliphatic heterocycles. The molecule has 2 nitrogen and oxygen atoms in total. The molecule has 1 fully saturated rings. The van der Waals surface area contributed by atoms with Gasteiger partial charge in [0.05, 0.1) is 11.6 Å². The molecule has 1 aliphatic carbocycles. The van der Waals surface area contributed by atoms with Crippen LogP contribution < -0.4 is 10.3 Å². The van der Waals surface area contributed by atoms with Crippen LogP contribution in [-0.2, 0) is 6.18 Å². The Hall–Kier alpha value is -0.970. The number of alkyl halides is 3. The van der Waals surface area contributed by atoms with Crippen molar-refractivity contribution in [2.24, 2.45) is 0 Å². The largest absolute Gasteiger partial charge is 0.419 e. The highest BCUT2D eigenvalue weighted by atomic mass is 35.5. The summed E-state index contributed by atoms with van der Waals surface area (Å²) in [6, 6.07) is 1.24. The van der Waals surface area contributed by atoms with Gasteiger partial charge in [-0.1, -0.05) is 30.9 Å². The van der Waals surface area contributed by atoms with Gasteiger partial charge in [0.2, 0.25) is 0 Å². The zero-order valence-electron chi connectivity index (χ0n) is 11.2. The first kappa shape index (κ1) is 15.4. The molecule has 2 N–H and O–H groups in total. The first-order valence-corrected chi connectivity index (χ1v) is 7.39. The summed E-state index contributed by atoms with van der Waals surface area (Å²) < 4.78 is 37.7. The van der Waals surface area contributed by atoms with Crippen LogP contribution in [0.4, 0.5) is 19.0 Å². The number of aromatic amines is 1. The van der Waals surface area contributed by atoms with Crippen LogP contribution in [0.1, 0.15) is 50.5 Å². The van der Waals surface area contributed by atoms with Gasteiger partial charge in [0.1, 0.15) is 11.2 Å². The van der Waals surface area contributed by atoms with E-state index >= 15 is 0 Å². The molecule has 0 atom stereocenters. The second-order valence-electron chi connectivity index (χ2n) is 5.30. The molecular formula is C14H19ClF3N2+. The lowest BCUT2D eigenvalue weighted by Gasteiger charge is -2.17. The molecule has 0 unspecified atom stereocenters. The SMILES string of the molecule is FC(F)(F)c1c[nH+]c(NC2CCCCCCC2)c(Cl)c1. The van der Waals surface area contributed by atoms with Crippen molar-refractivity contribution in [3.63, 3.8) is 0 Å². The summed E-state index contributed by atoms with van der Waals surface area (Å²) >= 11 is 5.93. The van der Waals surface area contributed by atoms with E-state index in [9.17, 15) is 13.2 Å². The van der Waals surface area contributed by atoms with E-state index in [1.54, 1.807) is 0 Å². The zero-order chi connectivity index (χ0) is 14.6. The summed E-state index contributed by atoms with van der Waals surface area (Å²) in [4.78, 5) is 2.63. The average molecular weight is 308 g/mol. The Labute approximate surface area is 121 Å². The lowest BCUT2D eigenvalue weighted by Crippen LogP contribution is -2.26. The highest BCUT2D eigenvalue weighted by Crippen LogP contribution is 2.31.